The van der Waals surface area contributed by atoms with Gasteiger partial charge in [0.1, 0.15) is 5.82 Å². The topological polar surface area (TPSA) is 43.6 Å². The van der Waals surface area contributed by atoms with E-state index in [-0.39, 0.29) is 17.6 Å². The summed E-state index contributed by atoms with van der Waals surface area (Å²) in [5, 5.41) is 0. The number of halogens is 1. The molecule has 0 spiro atoms. The van der Waals surface area contributed by atoms with Crippen molar-refractivity contribution in [2.45, 2.75) is 26.8 Å². The van der Waals surface area contributed by atoms with Crippen molar-refractivity contribution in [2.24, 2.45) is 10.9 Å². The van der Waals surface area contributed by atoms with Gasteiger partial charge in [0.15, 0.2) is 4.80 Å². The van der Waals surface area contributed by atoms with Crippen molar-refractivity contribution < 1.29 is 13.9 Å². The van der Waals surface area contributed by atoms with E-state index in [1.54, 1.807) is 13.2 Å². The lowest BCUT2D eigenvalue weighted by atomic mass is 10.1. The molecule has 2 aromatic rings. The van der Waals surface area contributed by atoms with E-state index in [1.165, 1.54) is 23.5 Å². The summed E-state index contributed by atoms with van der Waals surface area (Å²) in [6.07, 6.45) is 0.410. The number of amides is 1. The van der Waals surface area contributed by atoms with Crippen molar-refractivity contribution in [2.75, 3.05) is 13.7 Å². The van der Waals surface area contributed by atoms with Gasteiger partial charge in [-0.25, -0.2) is 4.39 Å². The Labute approximate surface area is 126 Å². The molecule has 0 N–H and O–H groups in total. The van der Waals surface area contributed by atoms with Gasteiger partial charge in [0.2, 0.25) is 5.91 Å². The molecule has 0 aliphatic rings. The number of aromatic nitrogens is 1. The normalized spacial score (nSPS) is 12.5. The largest absolute Gasteiger partial charge is 0.383 e. The van der Waals surface area contributed by atoms with E-state index in [1.807, 2.05) is 18.4 Å². The molecule has 0 fully saturated rings. The van der Waals surface area contributed by atoms with Crippen LogP contribution in [0, 0.1) is 11.7 Å². The van der Waals surface area contributed by atoms with Crippen molar-refractivity contribution in [1.82, 2.24) is 4.57 Å². The number of hydrogen-bond acceptors (Lipinski definition) is 3. The summed E-state index contributed by atoms with van der Waals surface area (Å²) >= 11 is 1.32. The highest BCUT2D eigenvalue weighted by Crippen LogP contribution is 2.18. The quantitative estimate of drug-likeness (QED) is 0.852. The second-order valence-corrected chi connectivity index (χ2v) is 6.25. The van der Waals surface area contributed by atoms with E-state index in [0.717, 1.165) is 10.2 Å². The number of benzene rings is 1. The molecule has 1 heterocycles. The van der Waals surface area contributed by atoms with E-state index in [9.17, 15) is 9.18 Å². The lowest BCUT2D eigenvalue weighted by molar-refractivity contribution is -0.118. The number of rotatable bonds is 5. The van der Waals surface area contributed by atoms with Crippen LogP contribution in [0.2, 0.25) is 0 Å². The van der Waals surface area contributed by atoms with Gasteiger partial charge in [-0.2, -0.15) is 4.99 Å². The Hall–Kier alpha value is -1.53. The SMILES string of the molecule is COCCn1c(=NC(=O)CC(C)C)sc2cc(F)ccc21. The first-order valence-electron chi connectivity index (χ1n) is 6.86. The third-order valence-electron chi connectivity index (χ3n) is 2.97. The maximum atomic E-state index is 13.3. The molecule has 1 aromatic heterocycles. The number of methoxy groups -OCH3 is 1. The third kappa shape index (κ3) is 3.98. The lowest BCUT2D eigenvalue weighted by Crippen LogP contribution is -2.19. The van der Waals surface area contributed by atoms with E-state index in [4.69, 9.17) is 4.74 Å². The molecule has 1 aromatic carbocycles. The van der Waals surface area contributed by atoms with Crippen LogP contribution in [0.3, 0.4) is 0 Å². The number of fused-ring (bicyclic) bond motifs is 1. The summed E-state index contributed by atoms with van der Waals surface area (Å²) < 4.78 is 21.1. The first kappa shape index (κ1) is 15.9. The maximum Gasteiger partial charge on any atom is 0.248 e. The van der Waals surface area contributed by atoms with Gasteiger partial charge in [0.05, 0.1) is 16.8 Å². The first-order valence-corrected chi connectivity index (χ1v) is 7.68. The minimum atomic E-state index is -0.289. The van der Waals surface area contributed by atoms with E-state index in [2.05, 4.69) is 4.99 Å². The zero-order chi connectivity index (χ0) is 15.4. The van der Waals surface area contributed by atoms with Gasteiger partial charge in [-0.05, 0) is 24.1 Å². The highest BCUT2D eigenvalue weighted by Gasteiger charge is 2.09. The van der Waals surface area contributed by atoms with Crippen LogP contribution in [-0.2, 0) is 16.1 Å². The number of carbonyl (C=O) groups is 1. The average molecular weight is 310 g/mol. The van der Waals surface area contributed by atoms with Crippen LogP contribution >= 0.6 is 11.3 Å². The molecule has 21 heavy (non-hydrogen) atoms. The predicted molar refractivity (Wildman–Crippen MR) is 81.7 cm³/mol. The molecule has 0 saturated heterocycles. The third-order valence-corrected chi connectivity index (χ3v) is 4.01. The Morgan fingerprint density at radius 2 is 2.24 bits per heavy atom. The van der Waals surface area contributed by atoms with Crippen LogP contribution in [0.15, 0.2) is 23.2 Å². The molecule has 6 heteroatoms. The van der Waals surface area contributed by atoms with Crippen molar-refractivity contribution in [1.29, 1.82) is 0 Å². The highest BCUT2D eigenvalue weighted by molar-refractivity contribution is 7.16. The second kappa shape index (κ2) is 6.95. The zero-order valence-electron chi connectivity index (χ0n) is 12.4. The molecular formula is C15H19FN2O2S. The van der Waals surface area contributed by atoms with Crippen LogP contribution < -0.4 is 4.80 Å². The molecule has 0 radical (unpaired) electrons. The van der Waals surface area contributed by atoms with Crippen molar-refractivity contribution in [3.63, 3.8) is 0 Å². The Kier molecular flexibility index (Phi) is 5.25. The Morgan fingerprint density at radius 1 is 1.48 bits per heavy atom. The first-order chi connectivity index (χ1) is 10.0. The Morgan fingerprint density at radius 3 is 2.90 bits per heavy atom. The molecule has 0 saturated carbocycles. The molecule has 0 atom stereocenters. The van der Waals surface area contributed by atoms with Crippen LogP contribution in [0.5, 0.6) is 0 Å². The van der Waals surface area contributed by atoms with Crippen molar-refractivity contribution in [3.8, 4) is 0 Å². The average Bonchev–Trinajstić information content (AvgIpc) is 2.71. The van der Waals surface area contributed by atoms with Crippen molar-refractivity contribution in [3.05, 3.63) is 28.8 Å². The van der Waals surface area contributed by atoms with Gasteiger partial charge in [-0.1, -0.05) is 25.2 Å². The van der Waals surface area contributed by atoms with Gasteiger partial charge in [0.25, 0.3) is 0 Å². The van der Waals surface area contributed by atoms with Crippen LogP contribution in [-0.4, -0.2) is 24.2 Å². The highest BCUT2D eigenvalue weighted by atomic mass is 32.1. The summed E-state index contributed by atoms with van der Waals surface area (Å²) in [4.78, 5) is 16.7. The molecule has 0 bridgehead atoms. The Balaban J connectivity index is 2.50. The zero-order valence-corrected chi connectivity index (χ0v) is 13.2. The standard InChI is InChI=1S/C15H19FN2O2S/c1-10(2)8-14(19)17-15-18(6-7-20-3)12-5-4-11(16)9-13(12)21-15/h4-5,9-10H,6-8H2,1-3H3. The summed E-state index contributed by atoms with van der Waals surface area (Å²) in [6.45, 7) is 5.05. The number of thiazole rings is 1. The van der Waals surface area contributed by atoms with Crippen LogP contribution in [0.4, 0.5) is 4.39 Å². The van der Waals surface area contributed by atoms with Gasteiger partial charge in [0, 0.05) is 20.1 Å². The van der Waals surface area contributed by atoms with Crippen LogP contribution in [0.1, 0.15) is 20.3 Å². The minimum Gasteiger partial charge on any atom is -0.383 e. The fraction of sp³-hybridized carbons (Fsp3) is 0.467. The number of ether oxygens (including phenoxy) is 1. The summed E-state index contributed by atoms with van der Waals surface area (Å²) in [6, 6.07) is 4.59. The summed E-state index contributed by atoms with van der Waals surface area (Å²) in [5.41, 5.74) is 0.870. The molecule has 0 aliphatic carbocycles. The predicted octanol–water partition coefficient (Wildman–Crippen LogP) is 2.96. The summed E-state index contributed by atoms with van der Waals surface area (Å²) in [7, 11) is 1.62. The molecule has 2 rings (SSSR count). The molecule has 1 amide bonds. The van der Waals surface area contributed by atoms with Gasteiger partial charge in [-0.3, -0.25) is 4.79 Å². The maximum absolute atomic E-state index is 13.3. The number of hydrogen-bond donors (Lipinski definition) is 0. The van der Waals surface area contributed by atoms with E-state index < -0.39 is 0 Å². The number of nitrogens with zero attached hydrogens (tertiary/aromatic N) is 2. The van der Waals surface area contributed by atoms with Gasteiger partial charge in [-0.15, -0.1) is 0 Å². The smallest absolute Gasteiger partial charge is 0.248 e. The fourth-order valence-corrected chi connectivity index (χ4v) is 3.13. The molecule has 0 unspecified atom stereocenters. The fourth-order valence-electron chi connectivity index (χ4n) is 2.03. The van der Waals surface area contributed by atoms with Crippen molar-refractivity contribution >= 4 is 27.5 Å². The number of carbonyl (C=O) groups excluding carboxylic acids is 1. The minimum absolute atomic E-state index is 0.150. The van der Waals surface area contributed by atoms with Crippen LogP contribution in [0.25, 0.3) is 10.2 Å². The monoisotopic (exact) mass is 310 g/mol. The molecule has 0 aliphatic heterocycles. The summed E-state index contributed by atoms with van der Waals surface area (Å²) in [5.74, 6) is -0.175. The van der Waals surface area contributed by atoms with E-state index >= 15 is 0 Å². The molecule has 4 nitrogen and oxygen atoms in total. The lowest BCUT2D eigenvalue weighted by Gasteiger charge is -2.04. The molecule has 114 valence electrons. The Bertz CT molecular complexity index is 703. The van der Waals surface area contributed by atoms with E-state index in [0.29, 0.717) is 24.4 Å². The van der Waals surface area contributed by atoms with Gasteiger partial charge < -0.3 is 9.30 Å². The second-order valence-electron chi connectivity index (χ2n) is 5.24. The van der Waals surface area contributed by atoms with Gasteiger partial charge >= 0.3 is 0 Å². The molecular weight excluding hydrogens is 291 g/mol.